The molecule has 152 valence electrons. The fraction of sp³-hybridized carbons (Fsp3) is 0.150. The molecule has 0 saturated heterocycles. The van der Waals surface area contributed by atoms with Crippen LogP contribution < -0.4 is 19.5 Å². The highest BCUT2D eigenvalue weighted by Crippen LogP contribution is 2.26. The third-order valence-electron chi connectivity index (χ3n) is 4.05. The highest BCUT2D eigenvalue weighted by molar-refractivity contribution is 7.89. The number of furan rings is 1. The zero-order valence-electron chi connectivity index (χ0n) is 15.8. The summed E-state index contributed by atoms with van der Waals surface area (Å²) < 4.78 is 42.6. The molecule has 3 aromatic rings. The summed E-state index contributed by atoms with van der Waals surface area (Å²) in [6, 6.07) is 13.9. The Morgan fingerprint density at radius 1 is 1.00 bits per heavy atom. The predicted octanol–water partition coefficient (Wildman–Crippen LogP) is 3.03. The van der Waals surface area contributed by atoms with Gasteiger partial charge in [-0.05, 0) is 36.4 Å². The number of rotatable bonds is 8. The Morgan fingerprint density at radius 3 is 2.21 bits per heavy atom. The number of benzene rings is 2. The van der Waals surface area contributed by atoms with E-state index in [1.807, 2.05) is 0 Å². The van der Waals surface area contributed by atoms with Crippen molar-refractivity contribution in [2.45, 2.75) is 11.4 Å². The summed E-state index contributed by atoms with van der Waals surface area (Å²) in [7, 11) is -0.704. The van der Waals surface area contributed by atoms with Crippen LogP contribution in [0.4, 0.5) is 5.69 Å². The molecule has 0 aliphatic rings. The lowest BCUT2D eigenvalue weighted by Crippen LogP contribution is -2.23. The van der Waals surface area contributed by atoms with Gasteiger partial charge in [0, 0.05) is 29.4 Å². The fourth-order valence-electron chi connectivity index (χ4n) is 2.53. The minimum Gasteiger partial charge on any atom is -0.497 e. The molecule has 1 heterocycles. The van der Waals surface area contributed by atoms with E-state index in [9.17, 15) is 13.2 Å². The van der Waals surface area contributed by atoms with Crippen molar-refractivity contribution in [3.63, 3.8) is 0 Å². The highest BCUT2D eigenvalue weighted by atomic mass is 32.2. The molecule has 2 aromatic carbocycles. The van der Waals surface area contributed by atoms with E-state index in [4.69, 9.17) is 13.9 Å². The molecular formula is C20H20N2O6S. The summed E-state index contributed by atoms with van der Waals surface area (Å²) in [5.74, 6) is 1.17. The van der Waals surface area contributed by atoms with E-state index in [0.29, 0.717) is 28.5 Å². The molecule has 0 saturated carbocycles. The van der Waals surface area contributed by atoms with Crippen LogP contribution in [0.5, 0.6) is 11.5 Å². The van der Waals surface area contributed by atoms with Crippen molar-refractivity contribution in [3.05, 3.63) is 72.2 Å². The van der Waals surface area contributed by atoms with Gasteiger partial charge in [0.2, 0.25) is 10.0 Å². The van der Waals surface area contributed by atoms with Crippen molar-refractivity contribution < 1.29 is 27.1 Å². The minimum absolute atomic E-state index is 0.0369. The van der Waals surface area contributed by atoms with Gasteiger partial charge in [0.05, 0.1) is 31.9 Å². The van der Waals surface area contributed by atoms with E-state index in [2.05, 4.69) is 10.0 Å². The van der Waals surface area contributed by atoms with E-state index in [-0.39, 0.29) is 11.4 Å². The molecule has 29 heavy (non-hydrogen) atoms. The molecule has 0 aliphatic carbocycles. The molecule has 8 nitrogen and oxygen atoms in total. The number of methoxy groups -OCH3 is 2. The maximum absolute atomic E-state index is 12.5. The van der Waals surface area contributed by atoms with E-state index in [1.54, 1.807) is 30.3 Å². The number of carbonyl (C=O) groups excluding carboxylic acids is 1. The number of ether oxygens (including phenoxy) is 2. The first-order chi connectivity index (χ1) is 13.9. The lowest BCUT2D eigenvalue weighted by molar-refractivity contribution is 0.102. The quantitative estimate of drug-likeness (QED) is 0.585. The number of hydrogen-bond donors (Lipinski definition) is 2. The largest absolute Gasteiger partial charge is 0.497 e. The van der Waals surface area contributed by atoms with Crippen LogP contribution in [0.1, 0.15) is 16.1 Å². The topological polar surface area (TPSA) is 107 Å². The standard InChI is InChI=1S/C20H20N2O6S/c1-26-17-10-15(11-18(12-17)27-2)22-20(23)14-5-7-19(8-6-14)29(24,25)21-13-16-4-3-9-28-16/h3-12,21H,13H2,1-2H3,(H,22,23). The van der Waals surface area contributed by atoms with Crippen LogP contribution in [0.25, 0.3) is 0 Å². The van der Waals surface area contributed by atoms with E-state index in [1.165, 1.54) is 44.7 Å². The summed E-state index contributed by atoms with van der Waals surface area (Å²) in [4.78, 5) is 12.5. The summed E-state index contributed by atoms with van der Waals surface area (Å²) in [5, 5.41) is 2.73. The van der Waals surface area contributed by atoms with Crippen molar-refractivity contribution in [1.82, 2.24) is 4.72 Å². The highest BCUT2D eigenvalue weighted by Gasteiger charge is 2.16. The monoisotopic (exact) mass is 416 g/mol. The van der Waals surface area contributed by atoms with Gasteiger partial charge >= 0.3 is 0 Å². The molecule has 0 spiro atoms. The molecule has 0 unspecified atom stereocenters. The third-order valence-corrected chi connectivity index (χ3v) is 5.47. The van der Waals surface area contributed by atoms with E-state index >= 15 is 0 Å². The summed E-state index contributed by atoms with van der Waals surface area (Å²) in [5.41, 5.74) is 0.791. The van der Waals surface area contributed by atoms with Gasteiger partial charge in [-0.25, -0.2) is 13.1 Å². The zero-order valence-corrected chi connectivity index (χ0v) is 16.7. The van der Waals surface area contributed by atoms with Crippen LogP contribution in [0.15, 0.2) is 70.2 Å². The molecule has 0 atom stereocenters. The normalized spacial score (nSPS) is 11.1. The molecule has 3 rings (SSSR count). The summed E-state index contributed by atoms with van der Waals surface area (Å²) in [6.07, 6.45) is 1.47. The second-order valence-corrected chi connectivity index (χ2v) is 7.75. The molecular weight excluding hydrogens is 396 g/mol. The Balaban J connectivity index is 1.70. The van der Waals surface area contributed by atoms with Gasteiger partial charge in [0.25, 0.3) is 5.91 Å². The Bertz CT molecular complexity index is 1050. The Labute approximate surface area is 168 Å². The molecule has 2 N–H and O–H groups in total. The van der Waals surface area contributed by atoms with Gasteiger partial charge in [-0.1, -0.05) is 0 Å². The Kier molecular flexibility index (Phi) is 6.20. The minimum atomic E-state index is -3.73. The van der Waals surface area contributed by atoms with Crippen LogP contribution in [0.3, 0.4) is 0 Å². The number of nitrogens with one attached hydrogen (secondary N) is 2. The molecule has 1 aromatic heterocycles. The lowest BCUT2D eigenvalue weighted by atomic mass is 10.2. The van der Waals surface area contributed by atoms with E-state index < -0.39 is 15.9 Å². The first kappa shape index (κ1) is 20.4. The number of amides is 1. The maximum Gasteiger partial charge on any atom is 0.255 e. The van der Waals surface area contributed by atoms with Crippen molar-refractivity contribution in [2.75, 3.05) is 19.5 Å². The third kappa shape index (κ3) is 5.15. The van der Waals surface area contributed by atoms with Crippen LogP contribution in [0.2, 0.25) is 0 Å². The first-order valence-corrected chi connectivity index (χ1v) is 10.1. The van der Waals surface area contributed by atoms with Gasteiger partial charge in [0.1, 0.15) is 17.3 Å². The van der Waals surface area contributed by atoms with Crippen LogP contribution in [-0.4, -0.2) is 28.5 Å². The van der Waals surface area contributed by atoms with Crippen molar-refractivity contribution in [2.24, 2.45) is 0 Å². The Morgan fingerprint density at radius 2 is 1.66 bits per heavy atom. The zero-order chi connectivity index (χ0) is 20.9. The summed E-state index contributed by atoms with van der Waals surface area (Å²) >= 11 is 0. The van der Waals surface area contributed by atoms with Crippen molar-refractivity contribution in [3.8, 4) is 11.5 Å². The number of anilines is 1. The predicted molar refractivity (Wildman–Crippen MR) is 107 cm³/mol. The second-order valence-electron chi connectivity index (χ2n) is 5.98. The number of carbonyl (C=O) groups is 1. The van der Waals surface area contributed by atoms with Crippen molar-refractivity contribution >= 4 is 21.6 Å². The molecule has 0 radical (unpaired) electrons. The first-order valence-electron chi connectivity index (χ1n) is 8.58. The number of hydrogen-bond acceptors (Lipinski definition) is 6. The maximum atomic E-state index is 12.5. The SMILES string of the molecule is COc1cc(NC(=O)c2ccc(S(=O)(=O)NCc3ccco3)cc2)cc(OC)c1. The van der Waals surface area contributed by atoms with Gasteiger partial charge in [-0.2, -0.15) is 0 Å². The Hall–Kier alpha value is -3.30. The van der Waals surface area contributed by atoms with E-state index in [0.717, 1.165) is 0 Å². The van der Waals surface area contributed by atoms with Crippen LogP contribution >= 0.6 is 0 Å². The molecule has 1 amide bonds. The van der Waals surface area contributed by atoms with Gasteiger partial charge in [-0.3, -0.25) is 4.79 Å². The molecule has 0 fully saturated rings. The second kappa shape index (κ2) is 8.80. The average molecular weight is 416 g/mol. The average Bonchev–Trinajstić information content (AvgIpc) is 3.26. The molecule has 0 bridgehead atoms. The lowest BCUT2D eigenvalue weighted by Gasteiger charge is -2.10. The molecule has 0 aliphatic heterocycles. The van der Waals surface area contributed by atoms with Crippen LogP contribution in [-0.2, 0) is 16.6 Å². The number of sulfonamides is 1. The van der Waals surface area contributed by atoms with Gasteiger partial charge < -0.3 is 19.2 Å². The summed E-state index contributed by atoms with van der Waals surface area (Å²) in [6.45, 7) is 0.0369. The van der Waals surface area contributed by atoms with Crippen LogP contribution in [0, 0.1) is 0 Å². The van der Waals surface area contributed by atoms with Gasteiger partial charge in [0.15, 0.2) is 0 Å². The van der Waals surface area contributed by atoms with Gasteiger partial charge in [-0.15, -0.1) is 0 Å². The smallest absolute Gasteiger partial charge is 0.255 e. The molecule has 9 heteroatoms. The fourth-order valence-corrected chi connectivity index (χ4v) is 3.52. The van der Waals surface area contributed by atoms with Crippen molar-refractivity contribution in [1.29, 1.82) is 0 Å².